The van der Waals surface area contributed by atoms with E-state index in [-0.39, 0.29) is 18.2 Å². The smallest absolute Gasteiger partial charge is 0.155 e. The number of aromatic nitrogens is 2. The molecule has 0 bridgehead atoms. The Balaban J connectivity index is 2.15. The van der Waals surface area contributed by atoms with Gasteiger partial charge >= 0.3 is 0 Å². The van der Waals surface area contributed by atoms with Crippen molar-refractivity contribution in [3.63, 3.8) is 0 Å². The minimum absolute atomic E-state index is 0.0694. The van der Waals surface area contributed by atoms with Crippen molar-refractivity contribution in [1.29, 1.82) is 0 Å². The molecule has 3 rings (SSSR count). The highest BCUT2D eigenvalue weighted by molar-refractivity contribution is 6.34. The predicted molar refractivity (Wildman–Crippen MR) is 92.5 cm³/mol. The summed E-state index contributed by atoms with van der Waals surface area (Å²) in [7, 11) is 0. The molecule has 2 aromatic heterocycles. The van der Waals surface area contributed by atoms with E-state index in [4.69, 9.17) is 26.1 Å². The molecule has 6 heteroatoms. The van der Waals surface area contributed by atoms with Crippen LogP contribution >= 0.6 is 11.6 Å². The lowest BCUT2D eigenvalue weighted by Gasteiger charge is -2.40. The Labute approximate surface area is 141 Å². The molecule has 0 unspecified atom stereocenters. The molecular formula is C17H22ClN3O2. The van der Waals surface area contributed by atoms with Gasteiger partial charge in [-0.1, -0.05) is 11.6 Å². The van der Waals surface area contributed by atoms with Crippen LogP contribution in [0.2, 0.25) is 5.15 Å². The minimum Gasteiger partial charge on any atom is -0.490 e. The maximum absolute atomic E-state index is 6.28. The second-order valence-electron chi connectivity index (χ2n) is 6.29. The van der Waals surface area contributed by atoms with Gasteiger partial charge in [0.25, 0.3) is 0 Å². The number of hydrogen-bond acceptors (Lipinski definition) is 5. The molecule has 0 aliphatic carbocycles. The summed E-state index contributed by atoms with van der Waals surface area (Å²) in [5.41, 5.74) is 0.674. The first-order valence-corrected chi connectivity index (χ1v) is 8.33. The van der Waals surface area contributed by atoms with Crippen molar-refractivity contribution in [1.82, 2.24) is 9.97 Å². The van der Waals surface area contributed by atoms with Crippen LogP contribution in [0.5, 0.6) is 5.75 Å². The van der Waals surface area contributed by atoms with E-state index in [9.17, 15) is 0 Å². The highest BCUT2D eigenvalue weighted by Gasteiger charge is 2.28. The standard InChI is InChI=1S/C17H22ClN3O2/c1-10(2)23-14-7-15(21-11(3)8-22-9-12(21)4)20-16-13(14)5-6-19-17(16)18/h5-7,10-12H,8-9H2,1-4H3/t11-,12-/m1/s1. The van der Waals surface area contributed by atoms with Crippen LogP contribution in [0.25, 0.3) is 10.9 Å². The molecule has 1 fully saturated rings. The van der Waals surface area contributed by atoms with Crippen molar-refractivity contribution in [3.05, 3.63) is 23.5 Å². The summed E-state index contributed by atoms with van der Waals surface area (Å²) >= 11 is 6.28. The molecule has 0 amide bonds. The Morgan fingerprint density at radius 1 is 1.30 bits per heavy atom. The summed E-state index contributed by atoms with van der Waals surface area (Å²) in [6.45, 7) is 9.66. The van der Waals surface area contributed by atoms with Crippen LogP contribution < -0.4 is 9.64 Å². The summed E-state index contributed by atoms with van der Waals surface area (Å²) in [5.74, 6) is 1.64. The lowest BCUT2D eigenvalue weighted by atomic mass is 10.1. The van der Waals surface area contributed by atoms with Crippen LogP contribution in [0.15, 0.2) is 18.3 Å². The van der Waals surface area contributed by atoms with Crippen LogP contribution in [0.1, 0.15) is 27.7 Å². The van der Waals surface area contributed by atoms with E-state index in [0.29, 0.717) is 23.9 Å². The van der Waals surface area contributed by atoms with Crippen molar-refractivity contribution >= 4 is 28.3 Å². The minimum atomic E-state index is 0.0694. The zero-order valence-corrected chi connectivity index (χ0v) is 14.7. The van der Waals surface area contributed by atoms with Gasteiger partial charge in [0.05, 0.1) is 31.4 Å². The molecular weight excluding hydrogens is 314 g/mol. The van der Waals surface area contributed by atoms with Crippen LogP contribution in [-0.4, -0.2) is 41.4 Å². The average molecular weight is 336 g/mol. The predicted octanol–water partition coefficient (Wildman–Crippen LogP) is 3.68. The SMILES string of the molecule is CC(C)Oc1cc(N2[C@H](C)COC[C@H]2C)nc2c(Cl)nccc12. The topological polar surface area (TPSA) is 47.5 Å². The van der Waals surface area contributed by atoms with E-state index >= 15 is 0 Å². The van der Waals surface area contributed by atoms with Gasteiger partial charge in [0.1, 0.15) is 17.1 Å². The molecule has 2 aromatic rings. The van der Waals surface area contributed by atoms with Gasteiger partial charge in [-0.05, 0) is 33.8 Å². The van der Waals surface area contributed by atoms with Crippen molar-refractivity contribution in [2.24, 2.45) is 0 Å². The molecule has 23 heavy (non-hydrogen) atoms. The number of nitrogens with zero attached hydrogens (tertiary/aromatic N) is 3. The zero-order valence-electron chi connectivity index (χ0n) is 13.9. The number of fused-ring (bicyclic) bond motifs is 1. The molecule has 3 heterocycles. The molecule has 0 spiro atoms. The van der Waals surface area contributed by atoms with Crippen LogP contribution in [-0.2, 0) is 4.74 Å². The number of hydrogen-bond donors (Lipinski definition) is 0. The fraction of sp³-hybridized carbons (Fsp3) is 0.529. The lowest BCUT2D eigenvalue weighted by molar-refractivity contribution is 0.0752. The summed E-state index contributed by atoms with van der Waals surface area (Å²) in [6, 6.07) is 4.37. The fourth-order valence-corrected chi connectivity index (χ4v) is 3.22. The average Bonchev–Trinajstić information content (AvgIpc) is 2.47. The molecule has 0 aromatic carbocycles. The second-order valence-corrected chi connectivity index (χ2v) is 6.64. The maximum atomic E-state index is 6.28. The van der Waals surface area contributed by atoms with E-state index in [2.05, 4.69) is 23.7 Å². The molecule has 5 nitrogen and oxygen atoms in total. The summed E-state index contributed by atoms with van der Waals surface area (Å²) in [6.07, 6.45) is 1.75. The number of anilines is 1. The van der Waals surface area contributed by atoms with Gasteiger partial charge in [0.2, 0.25) is 0 Å². The quantitative estimate of drug-likeness (QED) is 0.801. The Morgan fingerprint density at radius 3 is 2.65 bits per heavy atom. The summed E-state index contributed by atoms with van der Waals surface area (Å²) < 4.78 is 11.6. The van der Waals surface area contributed by atoms with Crippen LogP contribution in [0, 0.1) is 0 Å². The monoisotopic (exact) mass is 335 g/mol. The number of pyridine rings is 2. The molecule has 124 valence electrons. The van der Waals surface area contributed by atoms with Gasteiger partial charge in [0, 0.05) is 17.6 Å². The van der Waals surface area contributed by atoms with E-state index in [1.807, 2.05) is 26.0 Å². The Bertz CT molecular complexity index is 698. The highest BCUT2D eigenvalue weighted by atomic mass is 35.5. The highest BCUT2D eigenvalue weighted by Crippen LogP contribution is 2.34. The number of ether oxygens (including phenoxy) is 2. The lowest BCUT2D eigenvalue weighted by Crippen LogP contribution is -2.50. The largest absolute Gasteiger partial charge is 0.490 e. The third kappa shape index (κ3) is 3.21. The maximum Gasteiger partial charge on any atom is 0.155 e. The van der Waals surface area contributed by atoms with Crippen molar-refractivity contribution in [3.8, 4) is 5.75 Å². The summed E-state index contributed by atoms with van der Waals surface area (Å²) in [4.78, 5) is 11.2. The molecule has 2 atom stereocenters. The Hall–Kier alpha value is -1.59. The molecule has 1 aliphatic rings. The third-order valence-corrected chi connectivity index (χ3v) is 4.20. The van der Waals surface area contributed by atoms with Crippen molar-refractivity contribution in [2.75, 3.05) is 18.1 Å². The van der Waals surface area contributed by atoms with Gasteiger partial charge in [-0.25, -0.2) is 9.97 Å². The Morgan fingerprint density at radius 2 is 2.00 bits per heavy atom. The van der Waals surface area contributed by atoms with Crippen LogP contribution in [0.3, 0.4) is 0 Å². The van der Waals surface area contributed by atoms with E-state index < -0.39 is 0 Å². The van der Waals surface area contributed by atoms with E-state index in [1.54, 1.807) is 6.20 Å². The van der Waals surface area contributed by atoms with E-state index in [0.717, 1.165) is 17.0 Å². The molecule has 0 saturated carbocycles. The Kier molecular flexibility index (Phi) is 4.60. The van der Waals surface area contributed by atoms with Gasteiger partial charge in [-0.15, -0.1) is 0 Å². The third-order valence-electron chi connectivity index (χ3n) is 3.93. The number of rotatable bonds is 3. The first-order valence-electron chi connectivity index (χ1n) is 7.95. The molecule has 1 saturated heterocycles. The normalized spacial score (nSPS) is 21.9. The van der Waals surface area contributed by atoms with Crippen molar-refractivity contribution in [2.45, 2.75) is 45.9 Å². The van der Waals surface area contributed by atoms with Gasteiger partial charge < -0.3 is 14.4 Å². The zero-order chi connectivity index (χ0) is 16.6. The second kappa shape index (κ2) is 6.49. The van der Waals surface area contributed by atoms with Gasteiger partial charge in [0.15, 0.2) is 5.15 Å². The number of morpholine rings is 1. The molecule has 0 N–H and O–H groups in total. The van der Waals surface area contributed by atoms with Crippen LogP contribution in [0.4, 0.5) is 5.82 Å². The number of halogens is 1. The first-order chi connectivity index (χ1) is 11.0. The van der Waals surface area contributed by atoms with Gasteiger partial charge in [-0.3, -0.25) is 0 Å². The van der Waals surface area contributed by atoms with E-state index in [1.165, 1.54) is 0 Å². The fourth-order valence-electron chi connectivity index (χ4n) is 3.01. The summed E-state index contributed by atoms with van der Waals surface area (Å²) in [5, 5.41) is 1.28. The molecule has 1 aliphatic heterocycles. The first kappa shape index (κ1) is 16.3. The molecule has 0 radical (unpaired) electrons. The van der Waals surface area contributed by atoms with Crippen molar-refractivity contribution < 1.29 is 9.47 Å². The van der Waals surface area contributed by atoms with Gasteiger partial charge in [-0.2, -0.15) is 0 Å².